The fourth-order valence-electron chi connectivity index (χ4n) is 5.53. The number of likely N-dealkylation sites (tertiary alicyclic amines) is 1. The van der Waals surface area contributed by atoms with Crippen LogP contribution in [0.3, 0.4) is 0 Å². The van der Waals surface area contributed by atoms with Gasteiger partial charge in [0.05, 0.1) is 20.1 Å². The molecule has 0 aromatic heterocycles. The molecule has 2 fully saturated rings. The Bertz CT molecular complexity index is 1140. The van der Waals surface area contributed by atoms with Crippen LogP contribution in [0.1, 0.15) is 42.9 Å². The van der Waals surface area contributed by atoms with Gasteiger partial charge in [0.2, 0.25) is 11.8 Å². The maximum atomic E-state index is 13.6. The first-order valence-electron chi connectivity index (χ1n) is 13.6. The second-order valence-electron chi connectivity index (χ2n) is 10.7. The van der Waals surface area contributed by atoms with Crippen LogP contribution in [0.2, 0.25) is 5.02 Å². The molecular formula is C30H40ClN3O5. The summed E-state index contributed by atoms with van der Waals surface area (Å²) >= 11 is 6.37. The minimum atomic E-state index is -0.812. The molecule has 39 heavy (non-hydrogen) atoms. The Morgan fingerprint density at radius 3 is 2.49 bits per heavy atom. The molecule has 1 N–H and O–H groups in total. The van der Waals surface area contributed by atoms with E-state index in [2.05, 4.69) is 16.3 Å². The van der Waals surface area contributed by atoms with Crippen molar-refractivity contribution < 1.29 is 23.8 Å². The molecule has 2 aliphatic heterocycles. The number of nitrogens with zero attached hydrogens (tertiary/aromatic N) is 2. The maximum absolute atomic E-state index is 13.6. The van der Waals surface area contributed by atoms with Gasteiger partial charge in [-0.1, -0.05) is 29.8 Å². The number of benzene rings is 2. The Morgan fingerprint density at radius 1 is 1.13 bits per heavy atom. The highest BCUT2D eigenvalue weighted by Crippen LogP contribution is 2.31. The van der Waals surface area contributed by atoms with Crippen molar-refractivity contribution in [2.45, 2.75) is 58.2 Å². The van der Waals surface area contributed by atoms with E-state index in [0.717, 1.165) is 46.8 Å². The predicted molar refractivity (Wildman–Crippen MR) is 151 cm³/mol. The number of para-hydroxylation sites is 1. The molecule has 0 bridgehead atoms. The molecule has 2 saturated heterocycles. The van der Waals surface area contributed by atoms with Crippen LogP contribution in [-0.4, -0.2) is 79.8 Å². The zero-order valence-corrected chi connectivity index (χ0v) is 24.2. The highest BCUT2D eigenvalue weighted by atomic mass is 35.5. The fraction of sp³-hybridized carbons (Fsp3) is 0.533. The summed E-state index contributed by atoms with van der Waals surface area (Å²) in [5.41, 5.74) is 2.17. The molecular weight excluding hydrogens is 518 g/mol. The van der Waals surface area contributed by atoms with Crippen LogP contribution in [0.15, 0.2) is 36.4 Å². The van der Waals surface area contributed by atoms with Gasteiger partial charge in [0.1, 0.15) is 23.7 Å². The molecule has 0 unspecified atom stereocenters. The summed E-state index contributed by atoms with van der Waals surface area (Å²) in [5, 5.41) is 3.70. The first-order chi connectivity index (χ1) is 18.7. The molecule has 2 aromatic rings. The van der Waals surface area contributed by atoms with Crippen LogP contribution in [-0.2, 0) is 20.9 Å². The largest absolute Gasteiger partial charge is 0.496 e. The number of ether oxygens (including phenoxy) is 3. The molecule has 8 nitrogen and oxygen atoms in total. The highest BCUT2D eigenvalue weighted by Gasteiger charge is 2.41. The van der Waals surface area contributed by atoms with Crippen molar-refractivity contribution in [3.05, 3.63) is 58.1 Å². The molecule has 0 spiro atoms. The van der Waals surface area contributed by atoms with Gasteiger partial charge in [-0.2, -0.15) is 0 Å². The minimum Gasteiger partial charge on any atom is -0.496 e. The number of carbonyl (C=O) groups is 2. The summed E-state index contributed by atoms with van der Waals surface area (Å²) in [6, 6.07) is 12.0. The standard InChI is InChI=1S/C30H40ClN3O5/c1-21-15-26(16-22(2)29(21)31)38-20-30(17-28(36)34-11-9-25(10-12-34)32-23(3)35)19-33(13-14-39-30)18-24-7-5-6-8-27(24)37-4/h5-8,15-16,25H,9-14,17-20H2,1-4H3,(H,32,35)/t30-/m0/s1. The Kier molecular flexibility index (Phi) is 9.75. The van der Waals surface area contributed by atoms with Crippen molar-refractivity contribution in [3.8, 4) is 11.5 Å². The summed E-state index contributed by atoms with van der Waals surface area (Å²) in [7, 11) is 1.68. The van der Waals surface area contributed by atoms with E-state index >= 15 is 0 Å². The highest BCUT2D eigenvalue weighted by molar-refractivity contribution is 6.32. The van der Waals surface area contributed by atoms with Crippen LogP contribution in [0.25, 0.3) is 0 Å². The third-order valence-corrected chi connectivity index (χ3v) is 8.15. The normalized spacial score (nSPS) is 20.5. The van der Waals surface area contributed by atoms with E-state index in [4.69, 9.17) is 25.8 Å². The number of piperidine rings is 1. The van der Waals surface area contributed by atoms with Gasteiger partial charge in [-0.25, -0.2) is 0 Å². The number of amides is 2. The van der Waals surface area contributed by atoms with E-state index in [9.17, 15) is 9.59 Å². The number of methoxy groups -OCH3 is 1. The van der Waals surface area contributed by atoms with E-state index in [0.29, 0.717) is 38.5 Å². The van der Waals surface area contributed by atoms with Crippen molar-refractivity contribution in [3.63, 3.8) is 0 Å². The molecule has 1 atom stereocenters. The Morgan fingerprint density at radius 2 is 1.82 bits per heavy atom. The Hall–Kier alpha value is -2.81. The van der Waals surface area contributed by atoms with Gasteiger partial charge < -0.3 is 24.4 Å². The lowest BCUT2D eigenvalue weighted by Crippen LogP contribution is -2.57. The second-order valence-corrected chi connectivity index (χ2v) is 11.1. The van der Waals surface area contributed by atoms with Crippen molar-refractivity contribution in [2.24, 2.45) is 0 Å². The molecule has 2 aromatic carbocycles. The zero-order valence-electron chi connectivity index (χ0n) is 23.4. The van der Waals surface area contributed by atoms with E-state index in [1.54, 1.807) is 7.11 Å². The number of carbonyl (C=O) groups excluding carboxylic acids is 2. The lowest BCUT2D eigenvalue weighted by atomic mass is 9.95. The fourth-order valence-corrected chi connectivity index (χ4v) is 5.64. The Labute approximate surface area is 236 Å². The third-order valence-electron chi connectivity index (χ3n) is 7.55. The van der Waals surface area contributed by atoms with E-state index in [-0.39, 0.29) is 30.9 Å². The topological polar surface area (TPSA) is 80.3 Å². The van der Waals surface area contributed by atoms with Gasteiger partial charge in [0.15, 0.2) is 0 Å². The average molecular weight is 558 g/mol. The molecule has 2 amide bonds. The van der Waals surface area contributed by atoms with Crippen molar-refractivity contribution in [1.29, 1.82) is 0 Å². The van der Waals surface area contributed by atoms with Crippen LogP contribution >= 0.6 is 11.6 Å². The quantitative estimate of drug-likeness (QED) is 0.499. The number of rotatable bonds is 9. The number of hydrogen-bond acceptors (Lipinski definition) is 6. The molecule has 4 rings (SSSR count). The number of halogens is 1. The minimum absolute atomic E-state index is 0.0331. The number of aryl methyl sites for hydroxylation is 2. The van der Waals surface area contributed by atoms with E-state index in [1.165, 1.54) is 6.92 Å². The Balaban J connectivity index is 1.50. The van der Waals surface area contributed by atoms with Gasteiger partial charge in [-0.15, -0.1) is 0 Å². The van der Waals surface area contributed by atoms with Crippen molar-refractivity contribution in [2.75, 3.05) is 46.5 Å². The van der Waals surface area contributed by atoms with Crippen LogP contribution < -0.4 is 14.8 Å². The molecule has 2 heterocycles. The van der Waals surface area contributed by atoms with E-state index < -0.39 is 5.60 Å². The van der Waals surface area contributed by atoms with Crippen LogP contribution in [0, 0.1) is 13.8 Å². The molecule has 0 radical (unpaired) electrons. The van der Waals surface area contributed by atoms with Gasteiger partial charge in [-0.05, 0) is 56.0 Å². The molecule has 212 valence electrons. The SMILES string of the molecule is COc1ccccc1CN1CCO[C@@](COc2cc(C)c(Cl)c(C)c2)(CC(=O)N2CCC(NC(C)=O)CC2)C1. The van der Waals surface area contributed by atoms with Crippen molar-refractivity contribution in [1.82, 2.24) is 15.1 Å². The first-order valence-corrected chi connectivity index (χ1v) is 14.0. The maximum Gasteiger partial charge on any atom is 0.225 e. The van der Waals surface area contributed by atoms with E-state index in [1.807, 2.05) is 49.1 Å². The molecule has 0 aliphatic carbocycles. The molecule has 9 heteroatoms. The smallest absolute Gasteiger partial charge is 0.225 e. The summed E-state index contributed by atoms with van der Waals surface area (Å²) in [6.07, 6.45) is 1.71. The lowest BCUT2D eigenvalue weighted by molar-refractivity contribution is -0.157. The summed E-state index contributed by atoms with van der Waals surface area (Å²) in [6.45, 7) is 9.38. The summed E-state index contributed by atoms with van der Waals surface area (Å²) in [5.74, 6) is 1.57. The summed E-state index contributed by atoms with van der Waals surface area (Å²) < 4.78 is 18.3. The number of morpholine rings is 1. The lowest BCUT2D eigenvalue weighted by Gasteiger charge is -2.43. The van der Waals surface area contributed by atoms with Gasteiger partial charge in [0.25, 0.3) is 0 Å². The van der Waals surface area contributed by atoms with Crippen molar-refractivity contribution >= 4 is 23.4 Å². The zero-order chi connectivity index (χ0) is 28.0. The number of hydrogen-bond donors (Lipinski definition) is 1. The number of nitrogens with one attached hydrogen (secondary N) is 1. The monoisotopic (exact) mass is 557 g/mol. The van der Waals surface area contributed by atoms with Crippen LogP contribution in [0.5, 0.6) is 11.5 Å². The molecule has 0 saturated carbocycles. The van der Waals surface area contributed by atoms with Gasteiger partial charge in [0, 0.05) is 56.3 Å². The van der Waals surface area contributed by atoms with Crippen LogP contribution in [0.4, 0.5) is 0 Å². The average Bonchev–Trinajstić information content (AvgIpc) is 2.91. The third kappa shape index (κ3) is 7.65. The summed E-state index contributed by atoms with van der Waals surface area (Å²) in [4.78, 5) is 29.2. The van der Waals surface area contributed by atoms with Gasteiger partial charge in [-0.3, -0.25) is 14.5 Å². The second kappa shape index (κ2) is 13.0. The first kappa shape index (κ1) is 29.2. The van der Waals surface area contributed by atoms with Gasteiger partial charge >= 0.3 is 0 Å². The molecule has 2 aliphatic rings. The predicted octanol–water partition coefficient (Wildman–Crippen LogP) is 4.13.